The summed E-state index contributed by atoms with van der Waals surface area (Å²) in [6.45, 7) is 6.37. The van der Waals surface area contributed by atoms with Crippen molar-refractivity contribution in [3.63, 3.8) is 0 Å². The van der Waals surface area contributed by atoms with E-state index in [1.54, 1.807) is 12.1 Å². The van der Waals surface area contributed by atoms with Gasteiger partial charge in [-0.15, -0.1) is 11.3 Å². The largest absolute Gasteiger partial charge is 0.441 e. The number of hydrogen-bond acceptors (Lipinski definition) is 3. The minimum absolute atomic E-state index is 0.0595. The Hall–Kier alpha value is -1.06. The van der Waals surface area contributed by atoms with E-state index in [1.807, 2.05) is 12.1 Å². The number of carbonyl (C=O) groups is 1. The lowest BCUT2D eigenvalue weighted by Crippen LogP contribution is -2.07. The number of furan rings is 1. The van der Waals surface area contributed by atoms with Gasteiger partial charge in [0.25, 0.3) is 0 Å². The lowest BCUT2D eigenvalue weighted by molar-refractivity contribution is 0.101. The number of hydrogen-bond donors (Lipinski definition) is 0. The summed E-state index contributed by atoms with van der Waals surface area (Å²) in [6.07, 6.45) is 0. The molecule has 0 atom stereocenters. The predicted octanol–water partition coefficient (Wildman–Crippen LogP) is 4.52. The first-order chi connectivity index (χ1) is 7.88. The van der Waals surface area contributed by atoms with Crippen molar-refractivity contribution >= 4 is 28.7 Å². The minimum atomic E-state index is -0.114. The number of carbonyl (C=O) groups excluding carboxylic acids is 1. The lowest BCUT2D eigenvalue weighted by Gasteiger charge is -2.15. The van der Waals surface area contributed by atoms with Gasteiger partial charge in [-0.3, -0.25) is 4.79 Å². The van der Waals surface area contributed by atoms with E-state index in [-0.39, 0.29) is 22.2 Å². The van der Waals surface area contributed by atoms with Crippen molar-refractivity contribution in [1.29, 1.82) is 0 Å². The van der Waals surface area contributed by atoms with Crippen LogP contribution in [0.1, 0.15) is 41.1 Å². The highest BCUT2D eigenvalue weighted by atomic mass is 35.5. The molecule has 0 fully saturated rings. The zero-order chi connectivity index (χ0) is 12.6. The molecule has 2 rings (SSSR count). The van der Waals surface area contributed by atoms with Gasteiger partial charge in [0.2, 0.25) is 5.78 Å². The van der Waals surface area contributed by atoms with E-state index < -0.39 is 0 Å². The van der Waals surface area contributed by atoms with Crippen LogP contribution in [0.4, 0.5) is 0 Å². The molecule has 2 aromatic heterocycles. The molecule has 2 nitrogen and oxygen atoms in total. The van der Waals surface area contributed by atoms with Crippen molar-refractivity contribution in [2.75, 3.05) is 0 Å². The maximum absolute atomic E-state index is 12.1. The molecule has 2 heterocycles. The average Bonchev–Trinajstić information content (AvgIpc) is 2.83. The van der Waals surface area contributed by atoms with Crippen molar-refractivity contribution in [1.82, 2.24) is 0 Å². The molecule has 0 saturated carbocycles. The first kappa shape index (κ1) is 12.4. The highest BCUT2D eigenvalue weighted by molar-refractivity contribution is 7.14. The predicted molar refractivity (Wildman–Crippen MR) is 70.2 cm³/mol. The van der Waals surface area contributed by atoms with Gasteiger partial charge in [-0.2, -0.15) is 0 Å². The summed E-state index contributed by atoms with van der Waals surface area (Å²) in [5.41, 5.74) is 0.0595. The van der Waals surface area contributed by atoms with Crippen molar-refractivity contribution < 1.29 is 9.21 Å². The van der Waals surface area contributed by atoms with Gasteiger partial charge in [0.1, 0.15) is 0 Å². The van der Waals surface area contributed by atoms with Crippen LogP contribution < -0.4 is 0 Å². The highest BCUT2D eigenvalue weighted by Gasteiger charge is 2.20. The van der Waals surface area contributed by atoms with E-state index in [4.69, 9.17) is 16.0 Å². The SMILES string of the molecule is CC(C)(C)c1ccc(C(=O)c2ccc(Cl)o2)s1. The Balaban J connectivity index is 2.30. The van der Waals surface area contributed by atoms with E-state index in [9.17, 15) is 4.79 Å². The van der Waals surface area contributed by atoms with Gasteiger partial charge in [-0.1, -0.05) is 20.8 Å². The van der Waals surface area contributed by atoms with Crippen LogP contribution in [0.5, 0.6) is 0 Å². The van der Waals surface area contributed by atoms with E-state index in [0.29, 0.717) is 4.88 Å². The Kier molecular flexibility index (Phi) is 3.15. The first-order valence-corrected chi connectivity index (χ1v) is 6.48. The molecular weight excluding hydrogens is 256 g/mol. The molecule has 0 saturated heterocycles. The van der Waals surface area contributed by atoms with Gasteiger partial charge >= 0.3 is 0 Å². The second-order valence-electron chi connectivity index (χ2n) is 4.85. The Morgan fingerprint density at radius 3 is 2.41 bits per heavy atom. The number of halogens is 1. The van der Waals surface area contributed by atoms with Crippen LogP contribution in [0, 0.1) is 0 Å². The smallest absolute Gasteiger partial charge is 0.238 e. The van der Waals surface area contributed by atoms with E-state index >= 15 is 0 Å². The third kappa shape index (κ3) is 2.61. The Labute approximate surface area is 109 Å². The molecule has 0 aliphatic carbocycles. The van der Waals surface area contributed by atoms with Gasteiger partial charge in [0.05, 0.1) is 4.88 Å². The van der Waals surface area contributed by atoms with Crippen molar-refractivity contribution in [3.05, 3.63) is 45.0 Å². The van der Waals surface area contributed by atoms with E-state index in [1.165, 1.54) is 16.2 Å². The van der Waals surface area contributed by atoms with Crippen molar-refractivity contribution in [3.8, 4) is 0 Å². The summed E-state index contributed by atoms with van der Waals surface area (Å²) >= 11 is 7.15. The molecule has 0 radical (unpaired) electrons. The van der Waals surface area contributed by atoms with Crippen LogP contribution in [0.3, 0.4) is 0 Å². The highest BCUT2D eigenvalue weighted by Crippen LogP contribution is 2.31. The Morgan fingerprint density at radius 1 is 1.24 bits per heavy atom. The third-order valence-electron chi connectivity index (χ3n) is 2.37. The minimum Gasteiger partial charge on any atom is -0.441 e. The van der Waals surface area contributed by atoms with Crippen molar-refractivity contribution in [2.45, 2.75) is 26.2 Å². The van der Waals surface area contributed by atoms with Gasteiger partial charge < -0.3 is 4.42 Å². The van der Waals surface area contributed by atoms with Crippen LogP contribution in [0.25, 0.3) is 0 Å². The fourth-order valence-corrected chi connectivity index (χ4v) is 2.58. The molecule has 2 aromatic rings. The zero-order valence-corrected chi connectivity index (χ0v) is 11.5. The molecule has 0 aliphatic heterocycles. The molecule has 0 unspecified atom stereocenters. The van der Waals surface area contributed by atoms with Crippen LogP contribution in [0.2, 0.25) is 5.22 Å². The molecule has 0 spiro atoms. The Bertz CT molecular complexity index is 546. The average molecular weight is 269 g/mol. The van der Waals surface area contributed by atoms with Crippen LogP contribution in [-0.4, -0.2) is 5.78 Å². The summed E-state index contributed by atoms with van der Waals surface area (Å²) in [7, 11) is 0. The summed E-state index contributed by atoms with van der Waals surface area (Å²) < 4.78 is 5.12. The maximum Gasteiger partial charge on any atom is 0.238 e. The number of ketones is 1. The molecule has 90 valence electrons. The van der Waals surface area contributed by atoms with Crippen LogP contribution >= 0.6 is 22.9 Å². The second kappa shape index (κ2) is 4.31. The van der Waals surface area contributed by atoms with Gasteiger partial charge in [0, 0.05) is 4.88 Å². The summed E-state index contributed by atoms with van der Waals surface area (Å²) in [5, 5.41) is 0.237. The maximum atomic E-state index is 12.1. The van der Waals surface area contributed by atoms with Gasteiger partial charge in [-0.05, 0) is 41.3 Å². The van der Waals surface area contributed by atoms with E-state index in [2.05, 4.69) is 20.8 Å². The standard InChI is InChI=1S/C13H13ClO2S/c1-13(2,3)10-6-5-9(17-10)12(15)8-4-7-11(14)16-8/h4-7H,1-3H3. The fourth-order valence-electron chi connectivity index (χ4n) is 1.42. The normalized spacial score (nSPS) is 11.8. The molecule has 0 aromatic carbocycles. The topological polar surface area (TPSA) is 30.2 Å². The second-order valence-corrected chi connectivity index (χ2v) is 6.30. The quantitative estimate of drug-likeness (QED) is 0.750. The molecule has 0 amide bonds. The third-order valence-corrected chi connectivity index (χ3v) is 4.08. The molecule has 0 bridgehead atoms. The fraction of sp³-hybridized carbons (Fsp3) is 0.308. The number of thiophene rings is 1. The summed E-state index contributed by atoms with van der Waals surface area (Å²) in [6, 6.07) is 7.00. The van der Waals surface area contributed by atoms with Gasteiger partial charge in [-0.25, -0.2) is 0 Å². The molecule has 17 heavy (non-hydrogen) atoms. The van der Waals surface area contributed by atoms with Crippen LogP contribution in [-0.2, 0) is 5.41 Å². The first-order valence-electron chi connectivity index (χ1n) is 5.28. The molecule has 4 heteroatoms. The Morgan fingerprint density at radius 2 is 1.94 bits per heavy atom. The van der Waals surface area contributed by atoms with Gasteiger partial charge in [0.15, 0.2) is 11.0 Å². The monoisotopic (exact) mass is 268 g/mol. The summed E-state index contributed by atoms with van der Waals surface area (Å²) in [5.74, 6) is 0.176. The number of rotatable bonds is 2. The van der Waals surface area contributed by atoms with Crippen LogP contribution in [0.15, 0.2) is 28.7 Å². The molecule has 0 aliphatic rings. The van der Waals surface area contributed by atoms with Crippen molar-refractivity contribution in [2.24, 2.45) is 0 Å². The molecular formula is C13H13ClO2S. The van der Waals surface area contributed by atoms with E-state index in [0.717, 1.165) is 0 Å². The molecule has 0 N–H and O–H groups in total. The zero-order valence-electron chi connectivity index (χ0n) is 9.91. The summed E-state index contributed by atoms with van der Waals surface area (Å²) in [4.78, 5) is 13.9. The lowest BCUT2D eigenvalue weighted by atomic mass is 9.95.